The molecule has 0 atom stereocenters. The lowest BCUT2D eigenvalue weighted by atomic mass is 9.92. The predicted molar refractivity (Wildman–Crippen MR) is 63.1 cm³/mol. The highest BCUT2D eigenvalue weighted by molar-refractivity contribution is 5.82. The number of hydrogen-bond donors (Lipinski definition) is 2. The molecule has 6 nitrogen and oxygen atoms in total. The van der Waals surface area contributed by atoms with Crippen molar-refractivity contribution in [1.29, 1.82) is 5.26 Å². The van der Waals surface area contributed by atoms with Crippen molar-refractivity contribution >= 4 is 11.7 Å². The lowest BCUT2D eigenvalue weighted by Crippen LogP contribution is -2.39. The summed E-state index contributed by atoms with van der Waals surface area (Å²) in [7, 11) is 1.59. The van der Waals surface area contributed by atoms with Gasteiger partial charge >= 0.3 is 0 Å². The second-order valence-electron chi connectivity index (χ2n) is 4.22. The number of carbonyl (C=O) groups is 1. The molecule has 0 aromatic carbocycles. The van der Waals surface area contributed by atoms with Crippen molar-refractivity contribution in [3.05, 3.63) is 17.8 Å². The summed E-state index contributed by atoms with van der Waals surface area (Å²) in [6, 6.07) is 3.58. The zero-order valence-electron chi connectivity index (χ0n) is 10.1. The van der Waals surface area contributed by atoms with Gasteiger partial charge in [0.2, 0.25) is 5.91 Å². The van der Waals surface area contributed by atoms with Crippen LogP contribution in [0.15, 0.2) is 12.3 Å². The molecular weight excluding hydrogens is 218 g/mol. The Balaban J connectivity index is 2.74. The first kappa shape index (κ1) is 12.9. The first-order chi connectivity index (χ1) is 8.01. The quantitative estimate of drug-likeness (QED) is 0.791. The van der Waals surface area contributed by atoms with Gasteiger partial charge in [-0.25, -0.2) is 0 Å². The van der Waals surface area contributed by atoms with Crippen LogP contribution < -0.4 is 10.6 Å². The van der Waals surface area contributed by atoms with Gasteiger partial charge in [-0.05, 0) is 19.9 Å². The second-order valence-corrected chi connectivity index (χ2v) is 4.22. The summed E-state index contributed by atoms with van der Waals surface area (Å²) in [5.74, 6) is 0.319. The van der Waals surface area contributed by atoms with Gasteiger partial charge in [0, 0.05) is 13.6 Å². The van der Waals surface area contributed by atoms with E-state index < -0.39 is 5.41 Å². The van der Waals surface area contributed by atoms with Crippen LogP contribution in [0.3, 0.4) is 0 Å². The van der Waals surface area contributed by atoms with E-state index in [2.05, 4.69) is 20.8 Å². The Bertz CT molecular complexity index is 449. The first-order valence-electron chi connectivity index (χ1n) is 5.19. The molecule has 2 N–H and O–H groups in total. The van der Waals surface area contributed by atoms with E-state index in [1.807, 2.05) is 6.07 Å². The topological polar surface area (TPSA) is 90.7 Å². The third kappa shape index (κ3) is 3.14. The third-order valence-corrected chi connectivity index (χ3v) is 2.38. The number of nitrogens with one attached hydrogen (secondary N) is 2. The molecule has 1 heterocycles. The number of hydrogen-bond acceptors (Lipinski definition) is 5. The number of nitriles is 1. The molecule has 1 amide bonds. The molecule has 90 valence electrons. The lowest BCUT2D eigenvalue weighted by Gasteiger charge is -2.23. The molecule has 1 rings (SSSR count). The van der Waals surface area contributed by atoms with Crippen LogP contribution in [0.25, 0.3) is 0 Å². The normalized spacial score (nSPS) is 10.5. The van der Waals surface area contributed by atoms with Crippen LogP contribution >= 0.6 is 0 Å². The maximum absolute atomic E-state index is 11.6. The standard InChI is InChI=1S/C11H15N5O/c1-11(2,10(17)13-3)7-14-9-8(6-12)4-5-15-16-9/h4-5H,7H2,1-3H3,(H,13,17)(H,14,16). The molecule has 0 aliphatic heterocycles. The van der Waals surface area contributed by atoms with Crippen molar-refractivity contribution in [2.24, 2.45) is 5.41 Å². The van der Waals surface area contributed by atoms with E-state index in [0.29, 0.717) is 17.9 Å². The molecule has 0 aliphatic carbocycles. The van der Waals surface area contributed by atoms with Gasteiger partial charge in [0.05, 0.1) is 17.2 Å². The van der Waals surface area contributed by atoms with Gasteiger partial charge in [-0.2, -0.15) is 10.4 Å². The molecule has 0 unspecified atom stereocenters. The van der Waals surface area contributed by atoms with Crippen LogP contribution in [0.1, 0.15) is 19.4 Å². The Morgan fingerprint density at radius 1 is 1.59 bits per heavy atom. The monoisotopic (exact) mass is 233 g/mol. The van der Waals surface area contributed by atoms with Crippen molar-refractivity contribution in [3.63, 3.8) is 0 Å². The molecule has 0 saturated heterocycles. The summed E-state index contributed by atoms with van der Waals surface area (Å²) < 4.78 is 0. The van der Waals surface area contributed by atoms with Crippen LogP contribution in [-0.4, -0.2) is 29.7 Å². The lowest BCUT2D eigenvalue weighted by molar-refractivity contribution is -0.128. The molecule has 0 aliphatic rings. The summed E-state index contributed by atoms with van der Waals surface area (Å²) in [5, 5.41) is 21.9. The Hall–Kier alpha value is -2.16. The van der Waals surface area contributed by atoms with Crippen molar-refractivity contribution in [2.45, 2.75) is 13.8 Å². The minimum Gasteiger partial charge on any atom is -0.366 e. The van der Waals surface area contributed by atoms with Gasteiger partial charge in [0.25, 0.3) is 0 Å². The van der Waals surface area contributed by atoms with E-state index >= 15 is 0 Å². The first-order valence-corrected chi connectivity index (χ1v) is 5.19. The number of nitrogens with zero attached hydrogens (tertiary/aromatic N) is 3. The Labute approximate surface area is 100 Å². The number of anilines is 1. The van der Waals surface area contributed by atoms with E-state index in [-0.39, 0.29) is 5.91 Å². The van der Waals surface area contributed by atoms with Gasteiger partial charge in [-0.3, -0.25) is 4.79 Å². The molecule has 17 heavy (non-hydrogen) atoms. The van der Waals surface area contributed by atoms with E-state index in [4.69, 9.17) is 5.26 Å². The van der Waals surface area contributed by atoms with Gasteiger partial charge in [-0.1, -0.05) is 0 Å². The summed E-state index contributed by atoms with van der Waals surface area (Å²) in [5.41, 5.74) is -0.174. The zero-order chi connectivity index (χ0) is 12.9. The Morgan fingerprint density at radius 3 is 2.88 bits per heavy atom. The van der Waals surface area contributed by atoms with Gasteiger partial charge in [0.1, 0.15) is 6.07 Å². The molecule has 0 fully saturated rings. The average Bonchev–Trinajstić information content (AvgIpc) is 2.35. The molecule has 0 spiro atoms. The largest absolute Gasteiger partial charge is 0.366 e. The number of rotatable bonds is 4. The minimum absolute atomic E-state index is 0.0765. The maximum atomic E-state index is 11.6. The smallest absolute Gasteiger partial charge is 0.227 e. The molecule has 1 aromatic rings. The number of aromatic nitrogens is 2. The third-order valence-electron chi connectivity index (χ3n) is 2.38. The van der Waals surface area contributed by atoms with Crippen LogP contribution in [0.2, 0.25) is 0 Å². The second kappa shape index (κ2) is 5.25. The van der Waals surface area contributed by atoms with Crippen molar-refractivity contribution < 1.29 is 4.79 Å². The molecule has 1 aromatic heterocycles. The fraction of sp³-hybridized carbons (Fsp3) is 0.455. The van der Waals surface area contributed by atoms with E-state index in [1.165, 1.54) is 6.20 Å². The predicted octanol–water partition coefficient (Wildman–Crippen LogP) is 0.532. The summed E-state index contributed by atoms with van der Waals surface area (Å²) in [6.45, 7) is 3.99. The van der Waals surface area contributed by atoms with Crippen LogP contribution in [0, 0.1) is 16.7 Å². The highest BCUT2D eigenvalue weighted by Gasteiger charge is 2.26. The summed E-state index contributed by atoms with van der Waals surface area (Å²) in [4.78, 5) is 11.6. The van der Waals surface area contributed by atoms with E-state index in [9.17, 15) is 4.79 Å². The van der Waals surface area contributed by atoms with E-state index in [0.717, 1.165) is 0 Å². The highest BCUT2D eigenvalue weighted by atomic mass is 16.2. The molecule has 0 bridgehead atoms. The zero-order valence-corrected chi connectivity index (χ0v) is 10.1. The van der Waals surface area contributed by atoms with Crippen molar-refractivity contribution in [2.75, 3.05) is 18.9 Å². The van der Waals surface area contributed by atoms with Gasteiger partial charge < -0.3 is 10.6 Å². The van der Waals surface area contributed by atoms with Crippen molar-refractivity contribution in [3.8, 4) is 6.07 Å². The van der Waals surface area contributed by atoms with Gasteiger partial charge in [-0.15, -0.1) is 5.10 Å². The molecule has 0 radical (unpaired) electrons. The van der Waals surface area contributed by atoms with Gasteiger partial charge in [0.15, 0.2) is 5.82 Å². The van der Waals surface area contributed by atoms with Crippen LogP contribution in [0.4, 0.5) is 5.82 Å². The molecule has 6 heteroatoms. The summed E-state index contributed by atoms with van der Waals surface area (Å²) >= 11 is 0. The highest BCUT2D eigenvalue weighted by Crippen LogP contribution is 2.17. The minimum atomic E-state index is -0.584. The Kier molecular flexibility index (Phi) is 3.99. The number of amides is 1. The average molecular weight is 233 g/mol. The van der Waals surface area contributed by atoms with E-state index in [1.54, 1.807) is 27.0 Å². The fourth-order valence-electron chi connectivity index (χ4n) is 1.28. The summed E-state index contributed by atoms with van der Waals surface area (Å²) in [6.07, 6.45) is 1.45. The molecular formula is C11H15N5O. The maximum Gasteiger partial charge on any atom is 0.227 e. The van der Waals surface area contributed by atoms with Crippen LogP contribution in [-0.2, 0) is 4.79 Å². The Morgan fingerprint density at radius 2 is 2.29 bits per heavy atom. The van der Waals surface area contributed by atoms with Crippen LogP contribution in [0.5, 0.6) is 0 Å². The van der Waals surface area contributed by atoms with Crippen molar-refractivity contribution in [1.82, 2.24) is 15.5 Å². The molecule has 0 saturated carbocycles. The number of carbonyl (C=O) groups excluding carboxylic acids is 1. The SMILES string of the molecule is CNC(=O)C(C)(C)CNc1nnccc1C#N. The fourth-order valence-corrected chi connectivity index (χ4v) is 1.28.